The summed E-state index contributed by atoms with van der Waals surface area (Å²) in [4.78, 5) is 0. The molecular formula is C13H27ClO2. The van der Waals surface area contributed by atoms with E-state index in [0.29, 0.717) is 12.7 Å². The molecule has 98 valence electrons. The Morgan fingerprint density at radius 1 is 1.12 bits per heavy atom. The van der Waals surface area contributed by atoms with Gasteiger partial charge in [0.15, 0.2) is 0 Å². The number of methoxy groups -OCH3 is 1. The highest BCUT2D eigenvalue weighted by Crippen LogP contribution is 2.13. The van der Waals surface area contributed by atoms with Crippen molar-refractivity contribution in [3.05, 3.63) is 0 Å². The Labute approximate surface area is 106 Å². The van der Waals surface area contributed by atoms with E-state index in [9.17, 15) is 0 Å². The first-order valence-electron chi connectivity index (χ1n) is 6.24. The van der Waals surface area contributed by atoms with Crippen molar-refractivity contribution in [3.63, 3.8) is 0 Å². The molecule has 0 aliphatic carbocycles. The van der Waals surface area contributed by atoms with Gasteiger partial charge in [-0.25, -0.2) is 0 Å². The lowest BCUT2D eigenvalue weighted by atomic mass is 10.1. The van der Waals surface area contributed by atoms with Crippen LogP contribution in [0.4, 0.5) is 0 Å². The van der Waals surface area contributed by atoms with Crippen LogP contribution in [0.5, 0.6) is 0 Å². The molecule has 0 aliphatic rings. The third kappa shape index (κ3) is 9.44. The van der Waals surface area contributed by atoms with E-state index in [1.54, 1.807) is 7.11 Å². The van der Waals surface area contributed by atoms with Crippen molar-refractivity contribution in [2.45, 2.75) is 64.6 Å². The molecule has 0 aromatic carbocycles. The van der Waals surface area contributed by atoms with Crippen LogP contribution in [-0.4, -0.2) is 31.3 Å². The number of hydrogen-bond acceptors (Lipinski definition) is 2. The Kier molecular flexibility index (Phi) is 9.38. The fourth-order valence-electron chi connectivity index (χ4n) is 1.37. The van der Waals surface area contributed by atoms with E-state index < -0.39 is 0 Å². The van der Waals surface area contributed by atoms with Gasteiger partial charge in [0, 0.05) is 13.0 Å². The number of unbranched alkanes of at least 4 members (excludes halogenated alkanes) is 3. The maximum absolute atomic E-state index is 5.75. The van der Waals surface area contributed by atoms with E-state index in [4.69, 9.17) is 21.1 Å². The summed E-state index contributed by atoms with van der Waals surface area (Å²) in [7, 11) is 1.72. The topological polar surface area (TPSA) is 18.5 Å². The second-order valence-electron chi connectivity index (χ2n) is 4.98. The van der Waals surface area contributed by atoms with Crippen LogP contribution in [-0.2, 0) is 9.47 Å². The lowest BCUT2D eigenvalue weighted by Gasteiger charge is -2.25. The first-order valence-corrected chi connectivity index (χ1v) is 6.78. The maximum atomic E-state index is 5.75. The van der Waals surface area contributed by atoms with Crippen molar-refractivity contribution < 1.29 is 9.47 Å². The van der Waals surface area contributed by atoms with Gasteiger partial charge in [-0.2, -0.15) is 0 Å². The average molecular weight is 251 g/mol. The SMILES string of the molecule is COC(C)(C)COC(C)CCCCCCCl. The smallest absolute Gasteiger partial charge is 0.0855 e. The summed E-state index contributed by atoms with van der Waals surface area (Å²) in [5.41, 5.74) is -0.174. The lowest BCUT2D eigenvalue weighted by Crippen LogP contribution is -2.31. The maximum Gasteiger partial charge on any atom is 0.0855 e. The van der Waals surface area contributed by atoms with Crippen LogP contribution in [0.3, 0.4) is 0 Å². The zero-order valence-corrected chi connectivity index (χ0v) is 12.0. The fraction of sp³-hybridized carbons (Fsp3) is 1.00. The molecule has 0 saturated heterocycles. The largest absolute Gasteiger partial charge is 0.376 e. The van der Waals surface area contributed by atoms with E-state index >= 15 is 0 Å². The average Bonchev–Trinajstić information content (AvgIpc) is 2.26. The van der Waals surface area contributed by atoms with Gasteiger partial charge in [0.1, 0.15) is 0 Å². The molecule has 16 heavy (non-hydrogen) atoms. The van der Waals surface area contributed by atoms with Crippen molar-refractivity contribution in [3.8, 4) is 0 Å². The molecule has 0 amide bonds. The standard InChI is InChI=1S/C13H27ClO2/c1-12(9-7-5-6-8-10-14)16-11-13(2,3)15-4/h12H,5-11H2,1-4H3. The van der Waals surface area contributed by atoms with Gasteiger partial charge >= 0.3 is 0 Å². The minimum Gasteiger partial charge on any atom is -0.376 e. The second-order valence-corrected chi connectivity index (χ2v) is 5.36. The van der Waals surface area contributed by atoms with E-state index in [1.807, 2.05) is 13.8 Å². The molecule has 2 nitrogen and oxygen atoms in total. The minimum atomic E-state index is -0.174. The van der Waals surface area contributed by atoms with Gasteiger partial charge in [-0.15, -0.1) is 11.6 Å². The van der Waals surface area contributed by atoms with Crippen molar-refractivity contribution in [1.29, 1.82) is 0 Å². The Hall–Kier alpha value is 0.210. The molecule has 0 fully saturated rings. The molecule has 3 heteroatoms. The normalized spacial score (nSPS) is 14.1. The number of hydrogen-bond donors (Lipinski definition) is 0. The summed E-state index contributed by atoms with van der Waals surface area (Å²) in [6.07, 6.45) is 6.31. The third-order valence-electron chi connectivity index (χ3n) is 2.76. The summed E-state index contributed by atoms with van der Waals surface area (Å²) >= 11 is 5.62. The predicted octanol–water partition coefficient (Wildman–Crippen LogP) is 4.01. The molecule has 0 aliphatic heterocycles. The zero-order chi connectivity index (χ0) is 12.4. The molecule has 0 aromatic heterocycles. The molecule has 0 N–H and O–H groups in total. The molecule has 0 aromatic rings. The van der Waals surface area contributed by atoms with Crippen LogP contribution in [0, 0.1) is 0 Å². The molecule has 1 atom stereocenters. The zero-order valence-electron chi connectivity index (χ0n) is 11.2. The highest BCUT2D eigenvalue weighted by molar-refractivity contribution is 6.17. The Bertz CT molecular complexity index is 160. The van der Waals surface area contributed by atoms with E-state index in [-0.39, 0.29) is 5.60 Å². The van der Waals surface area contributed by atoms with Crippen LogP contribution in [0.1, 0.15) is 52.9 Å². The quantitative estimate of drug-likeness (QED) is 0.431. The van der Waals surface area contributed by atoms with Gasteiger partial charge in [0.25, 0.3) is 0 Å². The lowest BCUT2D eigenvalue weighted by molar-refractivity contribution is -0.0727. The highest BCUT2D eigenvalue weighted by Gasteiger charge is 2.17. The molecule has 0 heterocycles. The second kappa shape index (κ2) is 9.26. The molecule has 0 rings (SSSR count). The number of alkyl halides is 1. The van der Waals surface area contributed by atoms with Crippen LogP contribution < -0.4 is 0 Å². The van der Waals surface area contributed by atoms with Crippen molar-refractivity contribution >= 4 is 11.6 Å². The van der Waals surface area contributed by atoms with E-state index in [1.165, 1.54) is 19.3 Å². The van der Waals surface area contributed by atoms with Gasteiger partial charge in [0.2, 0.25) is 0 Å². The highest BCUT2D eigenvalue weighted by atomic mass is 35.5. The Morgan fingerprint density at radius 3 is 2.31 bits per heavy atom. The van der Waals surface area contributed by atoms with Gasteiger partial charge < -0.3 is 9.47 Å². The van der Waals surface area contributed by atoms with Crippen LogP contribution >= 0.6 is 11.6 Å². The van der Waals surface area contributed by atoms with Crippen LogP contribution in [0.25, 0.3) is 0 Å². The van der Waals surface area contributed by atoms with Gasteiger partial charge in [0.05, 0.1) is 18.3 Å². The van der Waals surface area contributed by atoms with Crippen molar-refractivity contribution in [2.75, 3.05) is 19.6 Å². The summed E-state index contributed by atoms with van der Waals surface area (Å²) in [6.45, 7) is 6.88. The molecule has 0 radical (unpaired) electrons. The fourth-order valence-corrected chi connectivity index (χ4v) is 1.55. The van der Waals surface area contributed by atoms with E-state index in [0.717, 1.165) is 18.7 Å². The van der Waals surface area contributed by atoms with Gasteiger partial charge in [-0.1, -0.05) is 19.3 Å². The summed E-state index contributed by atoms with van der Waals surface area (Å²) in [5.74, 6) is 0.786. The minimum absolute atomic E-state index is 0.174. The molecule has 1 unspecified atom stereocenters. The van der Waals surface area contributed by atoms with E-state index in [2.05, 4.69) is 6.92 Å². The number of ether oxygens (including phenoxy) is 2. The molecule has 0 bridgehead atoms. The monoisotopic (exact) mass is 250 g/mol. The van der Waals surface area contributed by atoms with Crippen LogP contribution in [0.2, 0.25) is 0 Å². The predicted molar refractivity (Wildman–Crippen MR) is 70.3 cm³/mol. The summed E-state index contributed by atoms with van der Waals surface area (Å²) in [5, 5.41) is 0. The first kappa shape index (κ1) is 16.2. The summed E-state index contributed by atoms with van der Waals surface area (Å²) in [6, 6.07) is 0. The number of halogens is 1. The third-order valence-corrected chi connectivity index (χ3v) is 3.03. The Morgan fingerprint density at radius 2 is 1.75 bits per heavy atom. The van der Waals surface area contributed by atoms with Gasteiger partial charge in [-0.05, 0) is 33.6 Å². The molecule has 0 saturated carbocycles. The molecular weight excluding hydrogens is 224 g/mol. The van der Waals surface area contributed by atoms with Crippen molar-refractivity contribution in [1.82, 2.24) is 0 Å². The number of rotatable bonds is 10. The van der Waals surface area contributed by atoms with Crippen LogP contribution in [0.15, 0.2) is 0 Å². The summed E-state index contributed by atoms with van der Waals surface area (Å²) < 4.78 is 11.1. The van der Waals surface area contributed by atoms with Crippen molar-refractivity contribution in [2.24, 2.45) is 0 Å². The van der Waals surface area contributed by atoms with Gasteiger partial charge in [-0.3, -0.25) is 0 Å². The molecule has 0 spiro atoms. The Balaban J connectivity index is 3.41. The first-order chi connectivity index (χ1) is 7.52.